The highest BCUT2D eigenvalue weighted by Gasteiger charge is 2.29. The van der Waals surface area contributed by atoms with Gasteiger partial charge < -0.3 is 20.5 Å². The van der Waals surface area contributed by atoms with Crippen molar-refractivity contribution in [1.82, 2.24) is 15.2 Å². The predicted molar refractivity (Wildman–Crippen MR) is 171 cm³/mol. The number of amides is 2. The van der Waals surface area contributed by atoms with Gasteiger partial charge in [0.1, 0.15) is 5.82 Å². The molecule has 2 heterocycles. The highest BCUT2D eigenvalue weighted by Crippen LogP contribution is 2.38. The molecule has 0 radical (unpaired) electrons. The minimum Gasteiger partial charge on any atom is -0.358 e. The van der Waals surface area contributed by atoms with E-state index in [9.17, 15) is 22.4 Å². The lowest BCUT2D eigenvalue weighted by molar-refractivity contribution is -0.110. The molecule has 228 valence electrons. The molecular formula is C34H35FN4O4S. The van der Waals surface area contributed by atoms with Gasteiger partial charge in [-0.05, 0) is 67.5 Å². The molecule has 1 aliphatic rings. The lowest BCUT2D eigenvalue weighted by Crippen LogP contribution is -2.35. The molecule has 3 aromatic carbocycles. The minimum atomic E-state index is -3.70. The summed E-state index contributed by atoms with van der Waals surface area (Å²) in [7, 11) is -3.70. The van der Waals surface area contributed by atoms with E-state index >= 15 is 0 Å². The van der Waals surface area contributed by atoms with Gasteiger partial charge in [-0.2, -0.15) is 0 Å². The quantitative estimate of drug-likeness (QED) is 0.189. The first kappa shape index (κ1) is 30.9. The number of halogens is 1. The second kappa shape index (κ2) is 13.0. The number of rotatable bonds is 11. The lowest BCUT2D eigenvalue weighted by atomic mass is 9.97. The number of fused-ring (bicyclic) bond motifs is 1. The fourth-order valence-electron chi connectivity index (χ4n) is 5.44. The zero-order valence-electron chi connectivity index (χ0n) is 24.9. The number of aromatic nitrogens is 1. The summed E-state index contributed by atoms with van der Waals surface area (Å²) in [6.07, 6.45) is 1.62. The summed E-state index contributed by atoms with van der Waals surface area (Å²) in [5.41, 5.74) is 4.38. The van der Waals surface area contributed by atoms with E-state index in [0.717, 1.165) is 13.1 Å². The lowest BCUT2D eigenvalue weighted by Gasteiger charge is -2.18. The highest BCUT2D eigenvalue weighted by molar-refractivity contribution is 7.90. The van der Waals surface area contributed by atoms with Gasteiger partial charge in [0.2, 0.25) is 0 Å². The van der Waals surface area contributed by atoms with Gasteiger partial charge in [-0.1, -0.05) is 56.3 Å². The third-order valence-corrected chi connectivity index (χ3v) is 9.49. The van der Waals surface area contributed by atoms with Gasteiger partial charge in [-0.3, -0.25) is 9.59 Å². The summed E-state index contributed by atoms with van der Waals surface area (Å²) in [6.45, 7) is 8.77. The van der Waals surface area contributed by atoms with Crippen molar-refractivity contribution >= 4 is 39.0 Å². The number of nitrogens with one attached hydrogen (secondary N) is 3. The molecule has 8 nitrogen and oxygen atoms in total. The van der Waals surface area contributed by atoms with Crippen LogP contribution in [0, 0.1) is 12.7 Å². The van der Waals surface area contributed by atoms with Crippen LogP contribution in [0.4, 0.5) is 10.1 Å². The maximum Gasteiger partial charge on any atom is 0.256 e. The maximum atomic E-state index is 13.9. The van der Waals surface area contributed by atoms with Crippen LogP contribution in [0.15, 0.2) is 77.7 Å². The van der Waals surface area contributed by atoms with Gasteiger partial charge in [0.05, 0.1) is 21.8 Å². The Bertz CT molecular complexity index is 1830. The molecule has 0 bridgehead atoms. The number of anilines is 1. The van der Waals surface area contributed by atoms with Gasteiger partial charge in [0.25, 0.3) is 11.8 Å². The molecule has 0 atom stereocenters. The number of nitrogens with zero attached hydrogens (tertiary/aromatic N) is 1. The molecule has 4 aromatic rings. The third kappa shape index (κ3) is 6.51. The Labute approximate surface area is 256 Å². The molecule has 2 amide bonds. The second-order valence-electron chi connectivity index (χ2n) is 10.7. The van der Waals surface area contributed by atoms with Crippen LogP contribution in [-0.4, -0.2) is 56.3 Å². The number of aromatic amines is 1. The molecule has 1 aromatic heterocycles. The molecule has 0 fully saturated rings. The molecule has 0 aliphatic carbocycles. The monoisotopic (exact) mass is 614 g/mol. The van der Waals surface area contributed by atoms with E-state index < -0.39 is 21.6 Å². The maximum absolute atomic E-state index is 13.9. The van der Waals surface area contributed by atoms with E-state index in [1.165, 1.54) is 24.3 Å². The van der Waals surface area contributed by atoms with Gasteiger partial charge in [0, 0.05) is 41.3 Å². The fraction of sp³-hybridized carbons (Fsp3) is 0.235. The Morgan fingerprint density at radius 2 is 1.70 bits per heavy atom. The molecule has 44 heavy (non-hydrogen) atoms. The van der Waals surface area contributed by atoms with Crippen molar-refractivity contribution in [3.63, 3.8) is 0 Å². The van der Waals surface area contributed by atoms with E-state index in [0.29, 0.717) is 58.0 Å². The molecule has 0 saturated heterocycles. The van der Waals surface area contributed by atoms with Crippen LogP contribution in [-0.2, 0) is 20.4 Å². The number of carbonyl (C=O) groups excluding carboxylic acids is 2. The first-order chi connectivity index (χ1) is 21.1. The van der Waals surface area contributed by atoms with Crippen molar-refractivity contribution < 1.29 is 22.4 Å². The van der Waals surface area contributed by atoms with Crippen molar-refractivity contribution in [1.29, 1.82) is 0 Å². The summed E-state index contributed by atoms with van der Waals surface area (Å²) < 4.78 is 40.5. The Morgan fingerprint density at radius 3 is 2.39 bits per heavy atom. The molecular weight excluding hydrogens is 579 g/mol. The van der Waals surface area contributed by atoms with Crippen molar-refractivity contribution in [3.8, 4) is 11.1 Å². The fourth-order valence-corrected chi connectivity index (χ4v) is 6.81. The van der Waals surface area contributed by atoms with Crippen LogP contribution in [0.3, 0.4) is 0 Å². The van der Waals surface area contributed by atoms with Gasteiger partial charge in [-0.15, -0.1) is 0 Å². The van der Waals surface area contributed by atoms with Gasteiger partial charge >= 0.3 is 0 Å². The number of aryl methyl sites for hydroxylation is 1. The average molecular weight is 615 g/mol. The van der Waals surface area contributed by atoms with Crippen LogP contribution >= 0.6 is 0 Å². The zero-order chi connectivity index (χ0) is 31.4. The average Bonchev–Trinajstić information content (AvgIpc) is 3.50. The first-order valence-electron chi connectivity index (χ1n) is 14.5. The smallest absolute Gasteiger partial charge is 0.256 e. The van der Waals surface area contributed by atoms with Crippen molar-refractivity contribution in [2.24, 2.45) is 0 Å². The second-order valence-corrected chi connectivity index (χ2v) is 12.7. The number of benzene rings is 3. The third-order valence-electron chi connectivity index (χ3n) is 7.81. The van der Waals surface area contributed by atoms with Crippen molar-refractivity contribution in [2.75, 3.05) is 31.5 Å². The number of hydrogen-bond acceptors (Lipinski definition) is 5. The molecule has 0 saturated carbocycles. The summed E-state index contributed by atoms with van der Waals surface area (Å²) in [4.78, 5) is 32.2. The topological polar surface area (TPSA) is 111 Å². The van der Waals surface area contributed by atoms with Crippen LogP contribution in [0.1, 0.15) is 46.7 Å². The van der Waals surface area contributed by atoms with Crippen LogP contribution in [0.5, 0.6) is 0 Å². The largest absolute Gasteiger partial charge is 0.358 e. The van der Waals surface area contributed by atoms with E-state index in [1.54, 1.807) is 55.5 Å². The van der Waals surface area contributed by atoms with Gasteiger partial charge in [0.15, 0.2) is 9.84 Å². The molecule has 10 heteroatoms. The molecule has 3 N–H and O–H groups in total. The summed E-state index contributed by atoms with van der Waals surface area (Å²) in [6, 6.07) is 19.3. The Balaban J connectivity index is 1.55. The van der Waals surface area contributed by atoms with Crippen LogP contribution in [0.2, 0.25) is 0 Å². The SMILES string of the molecule is CCN(CC)CCNC(=O)c1c(C)[nH]c(/C=C2\C(=O)Nc3ccc(S(=O)(=O)Cc4ccccc4)cc32)c1-c1ccc(F)cc1. The summed E-state index contributed by atoms with van der Waals surface area (Å²) >= 11 is 0. The Hall–Kier alpha value is -4.54. The van der Waals surface area contributed by atoms with E-state index in [4.69, 9.17) is 0 Å². The number of H-pyrrole nitrogens is 1. The standard InChI is InChI=1S/C34H35FN4O4S/c1-4-39(5-2)18-17-36-34(41)31-22(3)37-30(32(31)24-11-13-25(35)14-12-24)20-28-27-19-26(15-16-29(27)38-33(28)40)44(42,43)21-23-9-7-6-8-10-23/h6-16,19-20,37H,4-5,17-18,21H2,1-3H3,(H,36,41)(H,38,40)/b28-20-. The van der Waals surface area contributed by atoms with Crippen LogP contribution in [0.25, 0.3) is 22.8 Å². The zero-order valence-corrected chi connectivity index (χ0v) is 25.7. The number of hydrogen-bond donors (Lipinski definition) is 3. The number of likely N-dealkylation sites (N-methyl/N-ethyl adjacent to an activating group) is 1. The first-order valence-corrected chi connectivity index (χ1v) is 16.2. The normalized spacial score (nSPS) is 13.8. The minimum absolute atomic E-state index is 0.0946. The van der Waals surface area contributed by atoms with E-state index in [1.807, 2.05) is 6.07 Å². The molecule has 5 rings (SSSR count). The Morgan fingerprint density at radius 1 is 1.00 bits per heavy atom. The van der Waals surface area contributed by atoms with Crippen molar-refractivity contribution in [2.45, 2.75) is 31.4 Å². The highest BCUT2D eigenvalue weighted by atomic mass is 32.2. The Kier molecular flexibility index (Phi) is 9.12. The van der Waals surface area contributed by atoms with E-state index in [2.05, 4.69) is 34.4 Å². The van der Waals surface area contributed by atoms with E-state index in [-0.39, 0.29) is 22.1 Å². The summed E-state index contributed by atoms with van der Waals surface area (Å²) in [5, 5.41) is 5.80. The predicted octanol–water partition coefficient (Wildman–Crippen LogP) is 5.67. The van der Waals surface area contributed by atoms with Crippen LogP contribution < -0.4 is 10.6 Å². The van der Waals surface area contributed by atoms with Crippen molar-refractivity contribution in [3.05, 3.63) is 107 Å². The molecule has 0 unspecified atom stereocenters. The number of sulfone groups is 1. The van der Waals surface area contributed by atoms with Gasteiger partial charge in [-0.25, -0.2) is 12.8 Å². The summed E-state index contributed by atoms with van der Waals surface area (Å²) in [5.74, 6) is -1.29. The number of carbonyl (C=O) groups is 2. The molecule has 0 spiro atoms. The molecule has 1 aliphatic heterocycles.